The van der Waals surface area contributed by atoms with Crippen molar-refractivity contribution in [2.75, 3.05) is 0 Å². The van der Waals surface area contributed by atoms with Crippen molar-refractivity contribution in [3.8, 4) is 0 Å². The third kappa shape index (κ3) is 1.66. The van der Waals surface area contributed by atoms with Gasteiger partial charge in [-0.2, -0.15) is 5.57 Å². The van der Waals surface area contributed by atoms with Gasteiger partial charge in [0.2, 0.25) is 0 Å². The number of hydrogen-bond acceptors (Lipinski definition) is 0. The smallest absolute Gasteiger partial charge is 0.271 e. The Kier molecular flexibility index (Phi) is 3.72. The molecule has 0 bridgehead atoms. The quantitative estimate of drug-likeness (QED) is 0.273. The van der Waals surface area contributed by atoms with Crippen molar-refractivity contribution in [3.63, 3.8) is 0 Å². The van der Waals surface area contributed by atoms with Crippen LogP contribution in [0, 0.1) is 12.0 Å². The van der Waals surface area contributed by atoms with Crippen molar-refractivity contribution in [1.29, 1.82) is 0 Å². The summed E-state index contributed by atoms with van der Waals surface area (Å²) in [6, 6.07) is 0. The summed E-state index contributed by atoms with van der Waals surface area (Å²) in [5.41, 5.74) is 3.01. The summed E-state index contributed by atoms with van der Waals surface area (Å²) in [5, 5.41) is 1.47. The van der Waals surface area contributed by atoms with Crippen LogP contribution in [-0.2, 0) is 0 Å². The molecule has 0 fully saturated rings. The maximum atomic E-state index is 3.42. The van der Waals surface area contributed by atoms with E-state index < -0.39 is 0 Å². The van der Waals surface area contributed by atoms with Crippen molar-refractivity contribution in [2.45, 2.75) is 20.8 Å². The van der Waals surface area contributed by atoms with E-state index in [0.717, 1.165) is 10.2 Å². The van der Waals surface area contributed by atoms with Gasteiger partial charge in [0.25, 0.3) is 0 Å². The van der Waals surface area contributed by atoms with E-state index in [1.807, 2.05) is 0 Å². The standard InChI is InChI=1S/C8H13Si.Li/c1-5-4-8(9)7(3)6(5)2;/h5H,1-3,9H3;/q-1;+1. The van der Waals surface area contributed by atoms with E-state index in [0.29, 0.717) is 5.92 Å². The summed E-state index contributed by atoms with van der Waals surface area (Å²) in [7, 11) is 1.16. The average Bonchev–Trinajstić information content (AvgIpc) is 1.98. The Hall–Kier alpha value is 0.294. The molecule has 50 valence electrons. The fourth-order valence-corrected chi connectivity index (χ4v) is 1.99. The van der Waals surface area contributed by atoms with Crippen molar-refractivity contribution >= 4 is 10.2 Å². The van der Waals surface area contributed by atoms with Gasteiger partial charge in [-0.1, -0.05) is 19.8 Å². The summed E-state index contributed by atoms with van der Waals surface area (Å²) < 4.78 is 0. The van der Waals surface area contributed by atoms with Gasteiger partial charge < -0.3 is 0 Å². The molecule has 10 heavy (non-hydrogen) atoms. The Balaban J connectivity index is 0.000000810. The second-order valence-electron chi connectivity index (χ2n) is 2.80. The third-order valence-corrected chi connectivity index (χ3v) is 3.28. The van der Waals surface area contributed by atoms with Gasteiger partial charge in [-0.05, 0) is 10.2 Å². The van der Waals surface area contributed by atoms with Crippen LogP contribution >= 0.6 is 0 Å². The number of hydrogen-bond donors (Lipinski definition) is 0. The second-order valence-corrected chi connectivity index (χ2v) is 3.80. The molecular formula is C8H13LiSi. The maximum absolute atomic E-state index is 3.42. The molecular weight excluding hydrogens is 131 g/mol. The molecule has 0 amide bonds. The van der Waals surface area contributed by atoms with E-state index in [1.165, 1.54) is 16.3 Å². The Morgan fingerprint density at radius 1 is 1.40 bits per heavy atom. The van der Waals surface area contributed by atoms with Crippen LogP contribution in [0.4, 0.5) is 0 Å². The molecule has 0 spiro atoms. The van der Waals surface area contributed by atoms with Crippen molar-refractivity contribution in [3.05, 3.63) is 22.4 Å². The minimum absolute atomic E-state index is 0. The van der Waals surface area contributed by atoms with Gasteiger partial charge in [-0.25, -0.2) is 10.8 Å². The van der Waals surface area contributed by atoms with Gasteiger partial charge in [-0.3, -0.25) is 6.08 Å². The molecule has 0 aromatic heterocycles. The SMILES string of the molecule is CC1=C(C)C(C)[C-]=C1[SiH3].[Li+]. The first-order chi connectivity index (χ1) is 4.13. The predicted molar refractivity (Wildman–Crippen MR) is 44.2 cm³/mol. The average molecular weight is 144 g/mol. The molecule has 1 aliphatic carbocycles. The second kappa shape index (κ2) is 3.62. The van der Waals surface area contributed by atoms with E-state index >= 15 is 0 Å². The van der Waals surface area contributed by atoms with Crippen LogP contribution in [-0.4, -0.2) is 10.2 Å². The van der Waals surface area contributed by atoms with Crippen LogP contribution in [0.3, 0.4) is 0 Å². The van der Waals surface area contributed by atoms with Gasteiger partial charge in [0, 0.05) is 0 Å². The molecule has 1 rings (SSSR count). The van der Waals surface area contributed by atoms with Crippen LogP contribution in [0.15, 0.2) is 16.3 Å². The van der Waals surface area contributed by atoms with E-state index in [-0.39, 0.29) is 18.9 Å². The Morgan fingerprint density at radius 3 is 2.00 bits per heavy atom. The molecule has 2 heteroatoms. The predicted octanol–water partition coefficient (Wildman–Crippen LogP) is -1.97. The minimum Gasteiger partial charge on any atom is -0.271 e. The fraction of sp³-hybridized carbons (Fsp3) is 0.500. The van der Waals surface area contributed by atoms with E-state index in [9.17, 15) is 0 Å². The first-order valence-electron chi connectivity index (χ1n) is 3.40. The molecule has 0 nitrogen and oxygen atoms in total. The maximum Gasteiger partial charge on any atom is 1.00 e. The third-order valence-electron chi connectivity index (χ3n) is 2.24. The molecule has 0 aromatic carbocycles. The Morgan fingerprint density at radius 2 is 1.90 bits per heavy atom. The molecule has 0 aliphatic heterocycles. The zero-order valence-electron chi connectivity index (χ0n) is 7.58. The molecule has 1 atom stereocenters. The fourth-order valence-electron chi connectivity index (χ4n) is 1.16. The molecule has 0 saturated carbocycles. The van der Waals surface area contributed by atoms with Crippen LogP contribution in [0.1, 0.15) is 20.8 Å². The topological polar surface area (TPSA) is 0 Å². The first kappa shape index (κ1) is 10.3. The Labute approximate surface area is 78.4 Å². The molecule has 0 radical (unpaired) electrons. The summed E-state index contributed by atoms with van der Waals surface area (Å²) >= 11 is 0. The molecule has 1 aliphatic rings. The van der Waals surface area contributed by atoms with E-state index in [1.54, 1.807) is 0 Å². The zero-order valence-corrected chi connectivity index (χ0v) is 9.58. The van der Waals surface area contributed by atoms with Gasteiger partial charge in [0.1, 0.15) is 0 Å². The van der Waals surface area contributed by atoms with Crippen LogP contribution in [0.25, 0.3) is 0 Å². The van der Waals surface area contributed by atoms with Crippen molar-refractivity contribution < 1.29 is 18.9 Å². The number of allylic oxidation sites excluding steroid dienone is 4. The van der Waals surface area contributed by atoms with Gasteiger partial charge in [0.05, 0.1) is 0 Å². The van der Waals surface area contributed by atoms with Crippen molar-refractivity contribution in [1.82, 2.24) is 0 Å². The monoisotopic (exact) mass is 144 g/mol. The zero-order chi connectivity index (χ0) is 7.02. The Bertz CT molecular complexity index is 191. The summed E-state index contributed by atoms with van der Waals surface area (Å²) in [6.45, 7) is 6.62. The molecule has 0 aromatic rings. The molecule has 0 heterocycles. The first-order valence-corrected chi connectivity index (χ1v) is 4.40. The summed E-state index contributed by atoms with van der Waals surface area (Å²) in [6.07, 6.45) is 3.42. The largest absolute Gasteiger partial charge is 1.00 e. The van der Waals surface area contributed by atoms with Gasteiger partial charge >= 0.3 is 18.9 Å². The molecule has 0 N–H and O–H groups in total. The normalized spacial score (nSPS) is 24.7. The van der Waals surface area contributed by atoms with Crippen LogP contribution in [0.5, 0.6) is 0 Å². The molecule has 1 unspecified atom stereocenters. The summed E-state index contributed by atoms with van der Waals surface area (Å²) in [5.74, 6) is 0.595. The molecule has 0 saturated heterocycles. The number of rotatable bonds is 0. The van der Waals surface area contributed by atoms with Crippen LogP contribution < -0.4 is 18.9 Å². The minimum atomic E-state index is 0. The van der Waals surface area contributed by atoms with Gasteiger partial charge in [-0.15, -0.1) is 6.92 Å². The summed E-state index contributed by atoms with van der Waals surface area (Å²) in [4.78, 5) is 0. The van der Waals surface area contributed by atoms with Crippen LogP contribution in [0.2, 0.25) is 0 Å². The van der Waals surface area contributed by atoms with E-state index in [4.69, 9.17) is 0 Å². The van der Waals surface area contributed by atoms with E-state index in [2.05, 4.69) is 26.8 Å². The van der Waals surface area contributed by atoms with Gasteiger partial charge in [0.15, 0.2) is 0 Å². The van der Waals surface area contributed by atoms with Crippen molar-refractivity contribution in [2.24, 2.45) is 5.92 Å².